The number of nitrogens with zero attached hydrogens (tertiary/aromatic N) is 1. The van der Waals surface area contributed by atoms with Crippen molar-refractivity contribution in [3.05, 3.63) is 0 Å². The van der Waals surface area contributed by atoms with Gasteiger partial charge in [-0.3, -0.25) is 9.59 Å². The Morgan fingerprint density at radius 2 is 1.74 bits per heavy atom. The fraction of sp³-hybridized carbons (Fsp3) is 0.867. The van der Waals surface area contributed by atoms with Gasteiger partial charge in [0.05, 0.1) is 6.54 Å². The van der Waals surface area contributed by atoms with Crippen LogP contribution in [0.5, 0.6) is 0 Å². The lowest BCUT2D eigenvalue weighted by atomic mass is 10.1. The van der Waals surface area contributed by atoms with Gasteiger partial charge in [0.2, 0.25) is 11.8 Å². The SMILES string of the molecule is CCCCCCCCN1C(=O)CNC(=O)C1CCC. The molecule has 4 nitrogen and oxygen atoms in total. The molecule has 1 heterocycles. The van der Waals surface area contributed by atoms with E-state index in [0.29, 0.717) is 0 Å². The van der Waals surface area contributed by atoms with E-state index in [1.165, 1.54) is 25.7 Å². The highest BCUT2D eigenvalue weighted by Crippen LogP contribution is 2.14. The number of carbonyl (C=O) groups is 2. The fourth-order valence-electron chi connectivity index (χ4n) is 2.60. The van der Waals surface area contributed by atoms with Gasteiger partial charge in [0.25, 0.3) is 0 Å². The molecule has 1 fully saturated rings. The molecule has 0 aliphatic carbocycles. The van der Waals surface area contributed by atoms with Gasteiger partial charge >= 0.3 is 0 Å². The molecule has 1 N–H and O–H groups in total. The van der Waals surface area contributed by atoms with E-state index < -0.39 is 0 Å². The first-order valence-corrected chi connectivity index (χ1v) is 7.77. The molecule has 1 saturated heterocycles. The minimum Gasteiger partial charge on any atom is -0.345 e. The quantitative estimate of drug-likeness (QED) is 0.653. The second-order valence-corrected chi connectivity index (χ2v) is 5.38. The van der Waals surface area contributed by atoms with Crippen molar-refractivity contribution >= 4 is 11.8 Å². The summed E-state index contributed by atoms with van der Waals surface area (Å²) in [6.07, 6.45) is 8.94. The lowest BCUT2D eigenvalue weighted by Crippen LogP contribution is -2.58. The van der Waals surface area contributed by atoms with Crippen LogP contribution in [-0.4, -0.2) is 35.8 Å². The zero-order valence-electron chi connectivity index (χ0n) is 12.4. The third-order valence-corrected chi connectivity index (χ3v) is 3.73. The Labute approximate surface area is 116 Å². The van der Waals surface area contributed by atoms with E-state index >= 15 is 0 Å². The summed E-state index contributed by atoms with van der Waals surface area (Å²) >= 11 is 0. The lowest BCUT2D eigenvalue weighted by Gasteiger charge is -2.35. The molecule has 0 saturated carbocycles. The number of unbranched alkanes of at least 4 members (excludes halogenated alkanes) is 5. The highest BCUT2D eigenvalue weighted by atomic mass is 16.2. The number of rotatable bonds is 9. The molecule has 0 radical (unpaired) electrons. The Balaban J connectivity index is 2.34. The maximum absolute atomic E-state index is 11.9. The monoisotopic (exact) mass is 268 g/mol. The summed E-state index contributed by atoms with van der Waals surface area (Å²) in [6, 6.07) is -0.234. The van der Waals surface area contributed by atoms with Crippen molar-refractivity contribution in [1.82, 2.24) is 10.2 Å². The van der Waals surface area contributed by atoms with Crippen molar-refractivity contribution in [3.63, 3.8) is 0 Å². The molecule has 1 aliphatic rings. The molecular formula is C15H28N2O2. The number of nitrogens with one attached hydrogen (secondary N) is 1. The summed E-state index contributed by atoms with van der Waals surface area (Å²) in [5.41, 5.74) is 0. The molecule has 0 aromatic rings. The first-order valence-electron chi connectivity index (χ1n) is 7.77. The van der Waals surface area contributed by atoms with Crippen LogP contribution in [0.2, 0.25) is 0 Å². The van der Waals surface area contributed by atoms with Gasteiger partial charge < -0.3 is 10.2 Å². The average Bonchev–Trinajstić information content (AvgIpc) is 2.40. The van der Waals surface area contributed by atoms with Gasteiger partial charge in [-0.25, -0.2) is 0 Å². The summed E-state index contributed by atoms with van der Waals surface area (Å²) in [5.74, 6) is 0.0963. The van der Waals surface area contributed by atoms with E-state index in [-0.39, 0.29) is 24.4 Å². The van der Waals surface area contributed by atoms with Gasteiger partial charge in [-0.1, -0.05) is 52.4 Å². The van der Waals surface area contributed by atoms with Gasteiger partial charge in [0.15, 0.2) is 0 Å². The third kappa shape index (κ3) is 5.21. The van der Waals surface area contributed by atoms with Crippen LogP contribution in [0.25, 0.3) is 0 Å². The van der Waals surface area contributed by atoms with Crippen LogP contribution in [0.1, 0.15) is 65.2 Å². The van der Waals surface area contributed by atoms with Crippen molar-refractivity contribution in [2.24, 2.45) is 0 Å². The zero-order valence-corrected chi connectivity index (χ0v) is 12.4. The lowest BCUT2D eigenvalue weighted by molar-refractivity contribution is -0.145. The van der Waals surface area contributed by atoms with Crippen molar-refractivity contribution in [1.29, 1.82) is 0 Å². The fourth-order valence-corrected chi connectivity index (χ4v) is 2.60. The highest BCUT2D eigenvalue weighted by Gasteiger charge is 2.32. The van der Waals surface area contributed by atoms with E-state index in [1.807, 2.05) is 0 Å². The Bertz CT molecular complexity index is 292. The van der Waals surface area contributed by atoms with Crippen LogP contribution >= 0.6 is 0 Å². The van der Waals surface area contributed by atoms with Crippen LogP contribution < -0.4 is 5.32 Å². The van der Waals surface area contributed by atoms with Gasteiger partial charge in [-0.15, -0.1) is 0 Å². The average molecular weight is 268 g/mol. The van der Waals surface area contributed by atoms with Gasteiger partial charge in [0.1, 0.15) is 6.04 Å². The van der Waals surface area contributed by atoms with E-state index in [4.69, 9.17) is 0 Å². The minimum absolute atomic E-state index is 0.0208. The maximum Gasteiger partial charge on any atom is 0.243 e. The molecule has 0 spiro atoms. The van der Waals surface area contributed by atoms with Crippen LogP contribution in [0.3, 0.4) is 0 Å². The molecule has 110 valence electrons. The van der Waals surface area contributed by atoms with Crippen LogP contribution in [0.15, 0.2) is 0 Å². The third-order valence-electron chi connectivity index (χ3n) is 3.73. The highest BCUT2D eigenvalue weighted by molar-refractivity contribution is 5.94. The Morgan fingerprint density at radius 1 is 1.05 bits per heavy atom. The summed E-state index contributed by atoms with van der Waals surface area (Å²) in [7, 11) is 0. The molecule has 1 rings (SSSR count). The largest absolute Gasteiger partial charge is 0.345 e. The molecular weight excluding hydrogens is 240 g/mol. The molecule has 0 aromatic carbocycles. The van der Waals surface area contributed by atoms with Crippen LogP contribution in [-0.2, 0) is 9.59 Å². The molecule has 4 heteroatoms. The first kappa shape index (κ1) is 16.0. The van der Waals surface area contributed by atoms with E-state index in [9.17, 15) is 9.59 Å². The van der Waals surface area contributed by atoms with Gasteiger partial charge in [-0.2, -0.15) is 0 Å². The summed E-state index contributed by atoms with van der Waals surface area (Å²) in [6.45, 7) is 5.17. The van der Waals surface area contributed by atoms with Crippen LogP contribution in [0.4, 0.5) is 0 Å². The molecule has 1 atom stereocenters. The van der Waals surface area contributed by atoms with Crippen molar-refractivity contribution in [3.8, 4) is 0 Å². The Morgan fingerprint density at radius 3 is 2.42 bits per heavy atom. The molecule has 19 heavy (non-hydrogen) atoms. The molecule has 1 unspecified atom stereocenters. The summed E-state index contributed by atoms with van der Waals surface area (Å²) in [4.78, 5) is 25.5. The second kappa shape index (κ2) is 8.94. The predicted octanol–water partition coefficient (Wildman–Crippen LogP) is 2.47. The van der Waals surface area contributed by atoms with E-state index in [2.05, 4.69) is 19.2 Å². The number of carbonyl (C=O) groups excluding carboxylic acids is 2. The van der Waals surface area contributed by atoms with Crippen molar-refractivity contribution in [2.75, 3.05) is 13.1 Å². The standard InChI is InChI=1S/C15H28N2O2/c1-3-5-6-7-8-9-11-17-13(10-4-2)15(19)16-12-14(17)18/h13H,3-12H2,1-2H3,(H,16,19). The number of amides is 2. The zero-order chi connectivity index (χ0) is 14.1. The molecule has 1 aliphatic heterocycles. The Kier molecular flexibility index (Phi) is 7.53. The van der Waals surface area contributed by atoms with E-state index in [1.54, 1.807) is 4.90 Å². The van der Waals surface area contributed by atoms with E-state index in [0.717, 1.165) is 32.2 Å². The first-order chi connectivity index (χ1) is 9.20. The van der Waals surface area contributed by atoms with Crippen molar-refractivity contribution < 1.29 is 9.59 Å². The number of piperazine rings is 1. The van der Waals surface area contributed by atoms with Crippen molar-refractivity contribution in [2.45, 2.75) is 71.3 Å². The molecule has 0 bridgehead atoms. The minimum atomic E-state index is -0.234. The summed E-state index contributed by atoms with van der Waals surface area (Å²) < 4.78 is 0. The topological polar surface area (TPSA) is 49.4 Å². The predicted molar refractivity (Wildman–Crippen MR) is 76.8 cm³/mol. The molecule has 0 aromatic heterocycles. The second-order valence-electron chi connectivity index (χ2n) is 5.38. The number of hydrogen-bond acceptors (Lipinski definition) is 2. The normalized spacial score (nSPS) is 19.7. The smallest absolute Gasteiger partial charge is 0.243 e. The van der Waals surface area contributed by atoms with Crippen LogP contribution in [0, 0.1) is 0 Å². The molecule has 2 amide bonds. The number of hydrogen-bond donors (Lipinski definition) is 1. The summed E-state index contributed by atoms with van der Waals surface area (Å²) in [5, 5.41) is 2.68. The maximum atomic E-state index is 11.9. The Hall–Kier alpha value is -1.06. The van der Waals surface area contributed by atoms with Gasteiger partial charge in [0, 0.05) is 6.54 Å². The van der Waals surface area contributed by atoms with Gasteiger partial charge in [-0.05, 0) is 12.8 Å².